The maximum atomic E-state index is 13.7. The SMILES string of the molecule is CCC(c1nc2ccccn2c(=O)c1Cc1ccccc1)N(CCCN)C(=O)c1ccc(C)cc1. The monoisotopic (exact) mass is 468 g/mol. The summed E-state index contributed by atoms with van der Waals surface area (Å²) in [6.07, 6.45) is 3.47. The van der Waals surface area contributed by atoms with Gasteiger partial charge in [-0.2, -0.15) is 0 Å². The molecule has 180 valence electrons. The lowest BCUT2D eigenvalue weighted by Gasteiger charge is -2.32. The van der Waals surface area contributed by atoms with Gasteiger partial charge in [0.15, 0.2) is 0 Å². The molecule has 0 radical (unpaired) electrons. The van der Waals surface area contributed by atoms with Gasteiger partial charge in [-0.15, -0.1) is 0 Å². The minimum absolute atomic E-state index is 0.0778. The van der Waals surface area contributed by atoms with E-state index in [1.54, 1.807) is 10.6 Å². The molecule has 6 heteroatoms. The quantitative estimate of drug-likeness (QED) is 0.391. The molecule has 0 aliphatic rings. The highest BCUT2D eigenvalue weighted by Crippen LogP contribution is 2.28. The van der Waals surface area contributed by atoms with E-state index in [0.29, 0.717) is 54.8 Å². The summed E-state index contributed by atoms with van der Waals surface area (Å²) in [5.41, 5.74) is 10.3. The highest BCUT2D eigenvalue weighted by molar-refractivity contribution is 5.94. The summed E-state index contributed by atoms with van der Waals surface area (Å²) in [6, 6.07) is 22.7. The van der Waals surface area contributed by atoms with Gasteiger partial charge in [0, 0.05) is 30.3 Å². The predicted molar refractivity (Wildman–Crippen MR) is 140 cm³/mol. The molecule has 4 aromatic rings. The second kappa shape index (κ2) is 11.1. The van der Waals surface area contributed by atoms with E-state index >= 15 is 0 Å². The Balaban J connectivity index is 1.86. The van der Waals surface area contributed by atoms with E-state index < -0.39 is 0 Å². The lowest BCUT2D eigenvalue weighted by Crippen LogP contribution is -2.38. The van der Waals surface area contributed by atoms with Gasteiger partial charge in [-0.3, -0.25) is 14.0 Å². The first kappa shape index (κ1) is 24.4. The Morgan fingerprint density at radius 1 is 1.03 bits per heavy atom. The largest absolute Gasteiger partial charge is 0.330 e. The fourth-order valence-electron chi connectivity index (χ4n) is 4.47. The zero-order chi connectivity index (χ0) is 24.8. The van der Waals surface area contributed by atoms with Crippen LogP contribution in [0.4, 0.5) is 0 Å². The number of aromatic nitrogens is 2. The summed E-state index contributed by atoms with van der Waals surface area (Å²) in [5.74, 6) is -0.0778. The summed E-state index contributed by atoms with van der Waals surface area (Å²) in [4.78, 5) is 34.2. The number of aryl methyl sites for hydroxylation is 1. The Morgan fingerprint density at radius 2 is 1.74 bits per heavy atom. The Kier molecular flexibility index (Phi) is 7.73. The minimum atomic E-state index is -0.355. The van der Waals surface area contributed by atoms with Crippen molar-refractivity contribution in [1.29, 1.82) is 0 Å². The molecule has 1 atom stereocenters. The molecule has 2 aromatic carbocycles. The third kappa shape index (κ3) is 5.33. The van der Waals surface area contributed by atoms with Crippen molar-refractivity contribution in [3.63, 3.8) is 0 Å². The fourth-order valence-corrected chi connectivity index (χ4v) is 4.47. The summed E-state index contributed by atoms with van der Waals surface area (Å²) in [7, 11) is 0. The molecule has 1 amide bonds. The third-order valence-corrected chi connectivity index (χ3v) is 6.32. The van der Waals surface area contributed by atoms with Crippen molar-refractivity contribution in [2.75, 3.05) is 13.1 Å². The van der Waals surface area contributed by atoms with Crippen molar-refractivity contribution in [3.8, 4) is 0 Å². The van der Waals surface area contributed by atoms with Crippen LogP contribution < -0.4 is 11.3 Å². The van der Waals surface area contributed by atoms with E-state index in [4.69, 9.17) is 10.7 Å². The number of benzene rings is 2. The number of hydrogen-bond acceptors (Lipinski definition) is 4. The second-order valence-corrected chi connectivity index (χ2v) is 8.80. The number of fused-ring (bicyclic) bond motifs is 1. The molecule has 0 saturated carbocycles. The van der Waals surface area contributed by atoms with E-state index in [1.807, 2.05) is 91.5 Å². The van der Waals surface area contributed by atoms with Crippen molar-refractivity contribution in [3.05, 3.63) is 117 Å². The molecule has 35 heavy (non-hydrogen) atoms. The lowest BCUT2D eigenvalue weighted by atomic mass is 9.97. The molecule has 0 aliphatic heterocycles. The van der Waals surface area contributed by atoms with Crippen LogP contribution in [-0.4, -0.2) is 33.3 Å². The second-order valence-electron chi connectivity index (χ2n) is 8.80. The number of amides is 1. The van der Waals surface area contributed by atoms with Crippen molar-refractivity contribution in [2.45, 2.75) is 39.2 Å². The van der Waals surface area contributed by atoms with E-state index in [1.165, 1.54) is 0 Å². The smallest absolute Gasteiger partial charge is 0.261 e. The predicted octanol–water partition coefficient (Wildman–Crippen LogP) is 4.54. The Morgan fingerprint density at radius 3 is 2.43 bits per heavy atom. The van der Waals surface area contributed by atoms with Crippen LogP contribution in [0.1, 0.15) is 58.5 Å². The number of nitrogens with zero attached hydrogens (tertiary/aromatic N) is 3. The molecule has 1 unspecified atom stereocenters. The molecular formula is C29H32N4O2. The number of rotatable bonds is 9. The van der Waals surface area contributed by atoms with E-state index in [9.17, 15) is 9.59 Å². The molecule has 0 fully saturated rings. The molecule has 2 heterocycles. The van der Waals surface area contributed by atoms with E-state index in [2.05, 4.69) is 0 Å². The summed E-state index contributed by atoms with van der Waals surface area (Å²) in [5, 5.41) is 0. The van der Waals surface area contributed by atoms with Gasteiger partial charge in [0.2, 0.25) is 0 Å². The molecular weight excluding hydrogens is 436 g/mol. The standard InChI is InChI=1S/C29H32N4O2/c1-3-25(32(19-9-17-30)28(34)23-15-13-21(2)14-16-23)27-24(20-22-10-5-4-6-11-22)29(35)33-18-8-7-12-26(33)31-27/h4-8,10-16,18,25H,3,9,17,19-20,30H2,1-2H3. The van der Waals surface area contributed by atoms with Crippen LogP contribution in [0.15, 0.2) is 83.8 Å². The average Bonchev–Trinajstić information content (AvgIpc) is 2.89. The molecule has 2 N–H and O–H groups in total. The zero-order valence-electron chi connectivity index (χ0n) is 20.4. The Hall–Kier alpha value is -3.77. The van der Waals surface area contributed by atoms with Crippen molar-refractivity contribution < 1.29 is 4.79 Å². The average molecular weight is 469 g/mol. The van der Waals surface area contributed by atoms with Crippen LogP contribution in [0.3, 0.4) is 0 Å². The number of hydrogen-bond donors (Lipinski definition) is 1. The van der Waals surface area contributed by atoms with Gasteiger partial charge in [0.1, 0.15) is 5.65 Å². The minimum Gasteiger partial charge on any atom is -0.330 e. The molecule has 4 rings (SSSR count). The van der Waals surface area contributed by atoms with Crippen LogP contribution in [0, 0.1) is 6.92 Å². The van der Waals surface area contributed by atoms with E-state index in [0.717, 1.165) is 11.1 Å². The first-order valence-electron chi connectivity index (χ1n) is 12.1. The Labute approximate surface area is 206 Å². The first-order valence-corrected chi connectivity index (χ1v) is 12.1. The fraction of sp³-hybridized carbons (Fsp3) is 0.276. The Bertz CT molecular complexity index is 1350. The van der Waals surface area contributed by atoms with Crippen LogP contribution in [0.5, 0.6) is 0 Å². The molecule has 6 nitrogen and oxygen atoms in total. The molecule has 0 saturated heterocycles. The van der Waals surface area contributed by atoms with Crippen LogP contribution in [0.25, 0.3) is 5.65 Å². The normalized spacial score (nSPS) is 12.0. The summed E-state index contributed by atoms with van der Waals surface area (Å²) in [6.45, 7) is 4.99. The van der Waals surface area contributed by atoms with Gasteiger partial charge >= 0.3 is 0 Å². The molecule has 2 aromatic heterocycles. The van der Waals surface area contributed by atoms with E-state index in [-0.39, 0.29) is 17.5 Å². The van der Waals surface area contributed by atoms with Crippen LogP contribution >= 0.6 is 0 Å². The molecule has 0 bridgehead atoms. The van der Waals surface area contributed by atoms with Crippen molar-refractivity contribution >= 4 is 11.6 Å². The zero-order valence-corrected chi connectivity index (χ0v) is 20.4. The maximum absolute atomic E-state index is 13.7. The van der Waals surface area contributed by atoms with Gasteiger partial charge in [-0.05, 0) is 56.1 Å². The van der Waals surface area contributed by atoms with Gasteiger partial charge in [0.25, 0.3) is 11.5 Å². The van der Waals surface area contributed by atoms with Crippen LogP contribution in [-0.2, 0) is 6.42 Å². The van der Waals surface area contributed by atoms with Gasteiger partial charge in [-0.1, -0.05) is 61.0 Å². The van der Waals surface area contributed by atoms with Crippen molar-refractivity contribution in [1.82, 2.24) is 14.3 Å². The highest BCUT2D eigenvalue weighted by Gasteiger charge is 2.29. The number of nitrogens with two attached hydrogens (primary N) is 1. The van der Waals surface area contributed by atoms with Crippen molar-refractivity contribution in [2.24, 2.45) is 5.73 Å². The van der Waals surface area contributed by atoms with Gasteiger partial charge in [-0.25, -0.2) is 4.98 Å². The van der Waals surface area contributed by atoms with Gasteiger partial charge in [0.05, 0.1) is 11.7 Å². The number of pyridine rings is 1. The summed E-state index contributed by atoms with van der Waals surface area (Å²) >= 11 is 0. The third-order valence-electron chi connectivity index (χ3n) is 6.32. The van der Waals surface area contributed by atoms with Crippen LogP contribution in [0.2, 0.25) is 0 Å². The number of carbonyl (C=O) groups excluding carboxylic acids is 1. The molecule has 0 aliphatic carbocycles. The molecule has 0 spiro atoms. The lowest BCUT2D eigenvalue weighted by molar-refractivity contribution is 0.0664. The van der Waals surface area contributed by atoms with Gasteiger partial charge < -0.3 is 10.6 Å². The highest BCUT2D eigenvalue weighted by atomic mass is 16.2. The topological polar surface area (TPSA) is 80.7 Å². The first-order chi connectivity index (χ1) is 17.0. The number of carbonyl (C=O) groups is 1. The summed E-state index contributed by atoms with van der Waals surface area (Å²) < 4.78 is 1.58. The maximum Gasteiger partial charge on any atom is 0.261 e.